The predicted octanol–water partition coefficient (Wildman–Crippen LogP) is 2.91. The number of nitrogens with zero attached hydrogens (tertiary/aromatic N) is 1. The summed E-state index contributed by atoms with van der Waals surface area (Å²) in [6.07, 6.45) is 1.79. The molecule has 3 rings (SSSR count). The van der Waals surface area contributed by atoms with Crippen molar-refractivity contribution in [3.63, 3.8) is 0 Å². The number of rotatable bonds is 2. The molecular weight excluding hydrogens is 262 g/mol. The van der Waals surface area contributed by atoms with Gasteiger partial charge in [0.15, 0.2) is 0 Å². The molecule has 3 unspecified atom stereocenters. The molecule has 19 heavy (non-hydrogen) atoms. The quantitative estimate of drug-likeness (QED) is 0.779. The zero-order valence-electron chi connectivity index (χ0n) is 11.2. The second-order valence-electron chi connectivity index (χ2n) is 5.56. The van der Waals surface area contributed by atoms with Gasteiger partial charge < -0.3 is 9.64 Å². The van der Waals surface area contributed by atoms with Gasteiger partial charge in [-0.25, -0.2) is 0 Å². The highest BCUT2D eigenvalue weighted by atomic mass is 35.5. The number of carbonyl (C=O) groups is 1. The number of benzene rings is 1. The highest BCUT2D eigenvalue weighted by Gasteiger charge is 2.31. The summed E-state index contributed by atoms with van der Waals surface area (Å²) >= 11 is 6.57. The standard InChI is InChI=1S/C15H18ClNO2/c1-9-5-12(8-19-9)15(16)10-3-4-13-11(6-10)7-14(18)17(13)2/h3-4,6,9,12,15H,5,7-8H2,1-2H3. The predicted molar refractivity (Wildman–Crippen MR) is 75.7 cm³/mol. The largest absolute Gasteiger partial charge is 0.378 e. The molecule has 1 aromatic rings. The maximum Gasteiger partial charge on any atom is 0.231 e. The average Bonchev–Trinajstić information content (AvgIpc) is 2.94. The molecule has 0 bridgehead atoms. The molecule has 0 saturated carbocycles. The van der Waals surface area contributed by atoms with Gasteiger partial charge in [0.05, 0.1) is 24.5 Å². The lowest BCUT2D eigenvalue weighted by Crippen LogP contribution is -2.20. The number of alkyl halides is 1. The van der Waals surface area contributed by atoms with Crippen LogP contribution in [0.15, 0.2) is 18.2 Å². The van der Waals surface area contributed by atoms with Crippen molar-refractivity contribution in [2.75, 3.05) is 18.6 Å². The van der Waals surface area contributed by atoms with Gasteiger partial charge in [-0.1, -0.05) is 12.1 Å². The Labute approximate surface area is 118 Å². The van der Waals surface area contributed by atoms with Gasteiger partial charge in [0.1, 0.15) is 0 Å². The lowest BCUT2D eigenvalue weighted by Gasteiger charge is -2.17. The van der Waals surface area contributed by atoms with Crippen LogP contribution in [0.2, 0.25) is 0 Å². The van der Waals surface area contributed by atoms with Gasteiger partial charge in [-0.15, -0.1) is 11.6 Å². The van der Waals surface area contributed by atoms with Gasteiger partial charge in [0.2, 0.25) is 5.91 Å². The monoisotopic (exact) mass is 279 g/mol. The van der Waals surface area contributed by atoms with Gasteiger partial charge in [-0.05, 0) is 30.5 Å². The Morgan fingerprint density at radius 2 is 2.26 bits per heavy atom. The average molecular weight is 280 g/mol. The van der Waals surface area contributed by atoms with Crippen LogP contribution in [0.5, 0.6) is 0 Å². The van der Waals surface area contributed by atoms with Crippen LogP contribution in [-0.2, 0) is 16.0 Å². The normalized spacial score (nSPS) is 27.7. The van der Waals surface area contributed by atoms with Crippen molar-refractivity contribution in [1.29, 1.82) is 0 Å². The number of halogens is 1. The fraction of sp³-hybridized carbons (Fsp3) is 0.533. The fourth-order valence-electron chi connectivity index (χ4n) is 2.99. The van der Waals surface area contributed by atoms with E-state index in [1.807, 2.05) is 19.2 Å². The third-order valence-electron chi connectivity index (χ3n) is 4.14. The Morgan fingerprint density at radius 1 is 1.47 bits per heavy atom. The highest BCUT2D eigenvalue weighted by molar-refractivity contribution is 6.21. The molecule has 2 heterocycles. The topological polar surface area (TPSA) is 29.5 Å². The van der Waals surface area contributed by atoms with E-state index in [0.717, 1.165) is 29.8 Å². The second-order valence-corrected chi connectivity index (χ2v) is 6.03. The zero-order valence-corrected chi connectivity index (χ0v) is 12.0. The number of carbonyl (C=O) groups excluding carboxylic acids is 1. The molecule has 2 aliphatic rings. The molecule has 102 valence electrons. The van der Waals surface area contributed by atoms with Crippen molar-refractivity contribution in [3.8, 4) is 0 Å². The summed E-state index contributed by atoms with van der Waals surface area (Å²) in [5, 5.41) is -0.0312. The van der Waals surface area contributed by atoms with Crippen LogP contribution in [0.4, 0.5) is 5.69 Å². The summed E-state index contributed by atoms with van der Waals surface area (Å²) in [5.74, 6) is 0.514. The van der Waals surface area contributed by atoms with Crippen LogP contribution < -0.4 is 4.90 Å². The smallest absolute Gasteiger partial charge is 0.231 e. The molecule has 2 aliphatic heterocycles. The minimum atomic E-state index is -0.0312. The number of anilines is 1. The van der Waals surface area contributed by atoms with Crippen molar-refractivity contribution in [1.82, 2.24) is 0 Å². The van der Waals surface area contributed by atoms with E-state index in [-0.39, 0.29) is 11.3 Å². The van der Waals surface area contributed by atoms with E-state index in [0.29, 0.717) is 18.4 Å². The van der Waals surface area contributed by atoms with E-state index >= 15 is 0 Å². The number of hydrogen-bond donors (Lipinski definition) is 0. The summed E-state index contributed by atoms with van der Waals surface area (Å²) in [4.78, 5) is 13.4. The second kappa shape index (κ2) is 4.80. The van der Waals surface area contributed by atoms with Crippen molar-refractivity contribution >= 4 is 23.2 Å². The van der Waals surface area contributed by atoms with Gasteiger partial charge in [0, 0.05) is 18.7 Å². The molecule has 0 aliphatic carbocycles. The lowest BCUT2D eigenvalue weighted by molar-refractivity contribution is -0.117. The Balaban J connectivity index is 1.83. The summed E-state index contributed by atoms with van der Waals surface area (Å²) in [6.45, 7) is 2.81. The zero-order chi connectivity index (χ0) is 13.6. The summed E-state index contributed by atoms with van der Waals surface area (Å²) in [6, 6.07) is 6.12. The van der Waals surface area contributed by atoms with Crippen molar-refractivity contribution in [2.24, 2.45) is 5.92 Å². The van der Waals surface area contributed by atoms with Crippen LogP contribution in [0, 0.1) is 5.92 Å². The van der Waals surface area contributed by atoms with E-state index < -0.39 is 0 Å². The number of fused-ring (bicyclic) bond motifs is 1. The van der Waals surface area contributed by atoms with E-state index in [4.69, 9.17) is 16.3 Å². The summed E-state index contributed by atoms with van der Waals surface area (Å²) < 4.78 is 5.59. The summed E-state index contributed by atoms with van der Waals surface area (Å²) in [5.41, 5.74) is 3.20. The van der Waals surface area contributed by atoms with Crippen molar-refractivity contribution in [2.45, 2.75) is 31.2 Å². The van der Waals surface area contributed by atoms with Crippen LogP contribution >= 0.6 is 11.6 Å². The Morgan fingerprint density at radius 3 is 2.95 bits per heavy atom. The summed E-state index contributed by atoms with van der Waals surface area (Å²) in [7, 11) is 1.82. The SMILES string of the molecule is CC1CC(C(Cl)c2ccc3c(c2)CC(=O)N3C)CO1. The first kappa shape index (κ1) is 12.9. The number of amides is 1. The molecular formula is C15H18ClNO2. The van der Waals surface area contributed by atoms with E-state index in [9.17, 15) is 4.79 Å². The van der Waals surface area contributed by atoms with Crippen LogP contribution in [-0.4, -0.2) is 25.7 Å². The van der Waals surface area contributed by atoms with Crippen LogP contribution in [0.1, 0.15) is 29.8 Å². The van der Waals surface area contributed by atoms with E-state index in [2.05, 4.69) is 13.0 Å². The highest BCUT2D eigenvalue weighted by Crippen LogP contribution is 2.39. The van der Waals surface area contributed by atoms with E-state index in [1.165, 1.54) is 0 Å². The van der Waals surface area contributed by atoms with Crippen LogP contribution in [0.3, 0.4) is 0 Å². The Kier molecular flexibility index (Phi) is 3.27. The third kappa shape index (κ3) is 2.26. The van der Waals surface area contributed by atoms with E-state index in [1.54, 1.807) is 4.90 Å². The minimum Gasteiger partial charge on any atom is -0.378 e. The number of ether oxygens (including phenoxy) is 1. The molecule has 3 nitrogen and oxygen atoms in total. The van der Waals surface area contributed by atoms with Crippen LogP contribution in [0.25, 0.3) is 0 Å². The first-order chi connectivity index (χ1) is 9.06. The maximum absolute atomic E-state index is 11.7. The van der Waals surface area contributed by atoms with Gasteiger partial charge in [-0.2, -0.15) is 0 Å². The number of hydrogen-bond acceptors (Lipinski definition) is 2. The van der Waals surface area contributed by atoms with Gasteiger partial charge >= 0.3 is 0 Å². The molecule has 3 atom stereocenters. The maximum atomic E-state index is 11.7. The number of likely N-dealkylation sites (N-methyl/N-ethyl adjacent to an activating group) is 1. The van der Waals surface area contributed by atoms with Crippen molar-refractivity contribution < 1.29 is 9.53 Å². The molecule has 1 saturated heterocycles. The first-order valence-electron chi connectivity index (χ1n) is 6.71. The Hall–Kier alpha value is -1.06. The van der Waals surface area contributed by atoms with Gasteiger partial charge in [-0.3, -0.25) is 4.79 Å². The molecule has 0 radical (unpaired) electrons. The van der Waals surface area contributed by atoms with Gasteiger partial charge in [0.25, 0.3) is 0 Å². The molecule has 0 N–H and O–H groups in total. The first-order valence-corrected chi connectivity index (χ1v) is 7.15. The van der Waals surface area contributed by atoms with Crippen molar-refractivity contribution in [3.05, 3.63) is 29.3 Å². The molecule has 1 aromatic carbocycles. The molecule has 0 spiro atoms. The molecule has 1 amide bonds. The Bertz CT molecular complexity index is 517. The fourth-order valence-corrected chi connectivity index (χ4v) is 3.30. The lowest BCUT2D eigenvalue weighted by atomic mass is 9.95. The third-order valence-corrected chi connectivity index (χ3v) is 4.75. The molecule has 1 fully saturated rings. The minimum absolute atomic E-state index is 0.0312. The molecule has 4 heteroatoms. The molecule has 0 aromatic heterocycles.